The third kappa shape index (κ3) is 2.13. The van der Waals surface area contributed by atoms with Crippen molar-refractivity contribution in [1.29, 1.82) is 0 Å². The topological polar surface area (TPSA) is 61.3 Å². The van der Waals surface area contributed by atoms with E-state index < -0.39 is 0 Å². The fourth-order valence-electron chi connectivity index (χ4n) is 1.75. The van der Waals surface area contributed by atoms with E-state index in [2.05, 4.69) is 9.97 Å². The van der Waals surface area contributed by atoms with Crippen molar-refractivity contribution >= 4 is 5.97 Å². The Morgan fingerprint density at radius 3 is 2.44 bits per heavy atom. The highest BCUT2D eigenvalue weighted by molar-refractivity contribution is 5.78. The molecule has 86 valence electrons. The average Bonchev–Trinajstić information content (AvgIpc) is 3.14. The summed E-state index contributed by atoms with van der Waals surface area (Å²) in [7, 11) is 2.91. The third-order valence-electron chi connectivity index (χ3n) is 2.74. The van der Waals surface area contributed by atoms with Gasteiger partial charge in [0.1, 0.15) is 0 Å². The molecule has 0 aromatic carbocycles. The summed E-state index contributed by atoms with van der Waals surface area (Å²) in [6, 6.07) is 0.308. The van der Waals surface area contributed by atoms with Crippen molar-refractivity contribution < 1.29 is 14.3 Å². The van der Waals surface area contributed by atoms with Crippen LogP contribution >= 0.6 is 0 Å². The van der Waals surface area contributed by atoms with Crippen LogP contribution in [0.5, 0.6) is 6.01 Å². The Hall–Kier alpha value is -1.65. The van der Waals surface area contributed by atoms with E-state index in [0.29, 0.717) is 11.9 Å². The molecule has 1 unspecified atom stereocenters. The maximum Gasteiger partial charge on any atom is 0.316 e. The van der Waals surface area contributed by atoms with E-state index in [0.717, 1.165) is 18.4 Å². The van der Waals surface area contributed by atoms with E-state index in [1.165, 1.54) is 14.2 Å². The van der Waals surface area contributed by atoms with Gasteiger partial charge in [-0.05, 0) is 18.8 Å². The van der Waals surface area contributed by atoms with Crippen LogP contribution in [0.4, 0.5) is 0 Å². The van der Waals surface area contributed by atoms with Crippen LogP contribution in [0.25, 0.3) is 0 Å². The molecular weight excluding hydrogens is 208 g/mol. The number of esters is 1. The molecule has 0 N–H and O–H groups in total. The number of rotatable bonds is 4. The second-order valence-electron chi connectivity index (χ2n) is 3.84. The van der Waals surface area contributed by atoms with Gasteiger partial charge in [0.05, 0.1) is 20.1 Å². The Morgan fingerprint density at radius 2 is 2.00 bits per heavy atom. The van der Waals surface area contributed by atoms with E-state index >= 15 is 0 Å². The summed E-state index contributed by atoms with van der Waals surface area (Å²) < 4.78 is 9.67. The summed E-state index contributed by atoms with van der Waals surface area (Å²) in [5.74, 6) is -0.0587. The van der Waals surface area contributed by atoms with E-state index in [4.69, 9.17) is 9.47 Å². The van der Waals surface area contributed by atoms with Crippen LogP contribution < -0.4 is 4.74 Å². The average molecular weight is 222 g/mol. The predicted molar refractivity (Wildman–Crippen MR) is 56.1 cm³/mol. The van der Waals surface area contributed by atoms with Crippen LogP contribution in [0.2, 0.25) is 0 Å². The molecule has 1 fully saturated rings. The highest BCUT2D eigenvalue weighted by Gasteiger charge is 2.38. The minimum absolute atomic E-state index is 0.212. The van der Waals surface area contributed by atoms with Gasteiger partial charge >= 0.3 is 12.0 Å². The summed E-state index contributed by atoms with van der Waals surface area (Å²) in [6.07, 6.45) is 5.38. The molecule has 5 nitrogen and oxygen atoms in total. The SMILES string of the molecule is COC(=O)C(c1cnc(OC)nc1)C1CC1. The quantitative estimate of drug-likeness (QED) is 0.715. The van der Waals surface area contributed by atoms with E-state index in [9.17, 15) is 4.79 Å². The number of carbonyl (C=O) groups excluding carboxylic acids is 1. The molecule has 1 aromatic heterocycles. The molecule has 1 saturated carbocycles. The lowest BCUT2D eigenvalue weighted by atomic mass is 9.97. The zero-order chi connectivity index (χ0) is 11.5. The van der Waals surface area contributed by atoms with Gasteiger partial charge in [0, 0.05) is 18.0 Å². The minimum atomic E-state index is -0.226. The van der Waals surface area contributed by atoms with E-state index in [1.807, 2.05) is 0 Å². The first-order valence-electron chi connectivity index (χ1n) is 5.20. The highest BCUT2D eigenvalue weighted by atomic mass is 16.5. The van der Waals surface area contributed by atoms with Crippen LogP contribution in [-0.2, 0) is 9.53 Å². The molecule has 5 heteroatoms. The number of hydrogen-bond donors (Lipinski definition) is 0. The molecular formula is C11H14N2O3. The Kier molecular flexibility index (Phi) is 3.03. The summed E-state index contributed by atoms with van der Waals surface area (Å²) in [6.45, 7) is 0. The van der Waals surface area contributed by atoms with Crippen molar-refractivity contribution in [3.8, 4) is 6.01 Å². The van der Waals surface area contributed by atoms with Crippen molar-refractivity contribution in [1.82, 2.24) is 9.97 Å². The third-order valence-corrected chi connectivity index (χ3v) is 2.74. The van der Waals surface area contributed by atoms with Gasteiger partial charge in [-0.25, -0.2) is 9.97 Å². The lowest BCUT2D eigenvalue weighted by Crippen LogP contribution is -2.16. The van der Waals surface area contributed by atoms with Crippen molar-refractivity contribution in [3.05, 3.63) is 18.0 Å². The van der Waals surface area contributed by atoms with Crippen molar-refractivity contribution in [2.45, 2.75) is 18.8 Å². The summed E-state index contributed by atoms with van der Waals surface area (Å²) in [4.78, 5) is 19.6. The molecule has 0 spiro atoms. The van der Waals surface area contributed by atoms with Gasteiger partial charge in [0.2, 0.25) is 0 Å². The molecule has 0 aliphatic heterocycles. The number of methoxy groups -OCH3 is 2. The zero-order valence-electron chi connectivity index (χ0n) is 9.34. The summed E-state index contributed by atoms with van der Waals surface area (Å²) >= 11 is 0. The molecule has 0 bridgehead atoms. The van der Waals surface area contributed by atoms with Gasteiger partial charge in [0.25, 0.3) is 0 Å². The largest absolute Gasteiger partial charge is 0.469 e. The number of aromatic nitrogens is 2. The maximum absolute atomic E-state index is 11.6. The molecule has 0 amide bonds. The fourth-order valence-corrected chi connectivity index (χ4v) is 1.75. The minimum Gasteiger partial charge on any atom is -0.469 e. The molecule has 1 aliphatic rings. The van der Waals surface area contributed by atoms with Crippen LogP contribution in [0.1, 0.15) is 24.3 Å². The standard InChI is InChI=1S/C11H14N2O3/c1-15-10(14)9(7-3-4-7)8-5-12-11(16-2)13-6-8/h5-7,9H,3-4H2,1-2H3. The van der Waals surface area contributed by atoms with Crippen LogP contribution in [0, 0.1) is 5.92 Å². The van der Waals surface area contributed by atoms with Gasteiger partial charge < -0.3 is 9.47 Å². The monoisotopic (exact) mass is 222 g/mol. The lowest BCUT2D eigenvalue weighted by molar-refractivity contribution is -0.143. The van der Waals surface area contributed by atoms with E-state index in [1.54, 1.807) is 12.4 Å². The summed E-state index contributed by atoms with van der Waals surface area (Å²) in [5, 5.41) is 0. The van der Waals surface area contributed by atoms with Gasteiger partial charge in [-0.15, -0.1) is 0 Å². The van der Waals surface area contributed by atoms with Gasteiger partial charge in [0.15, 0.2) is 0 Å². The number of ether oxygens (including phenoxy) is 2. The van der Waals surface area contributed by atoms with E-state index in [-0.39, 0.29) is 11.9 Å². The first-order valence-corrected chi connectivity index (χ1v) is 5.20. The Labute approximate surface area is 93.8 Å². The lowest BCUT2D eigenvalue weighted by Gasteiger charge is -2.13. The summed E-state index contributed by atoms with van der Waals surface area (Å²) in [5.41, 5.74) is 0.801. The smallest absolute Gasteiger partial charge is 0.316 e. The Balaban J connectivity index is 2.21. The molecule has 1 aromatic rings. The highest BCUT2D eigenvalue weighted by Crippen LogP contribution is 2.42. The Morgan fingerprint density at radius 1 is 1.38 bits per heavy atom. The molecule has 0 saturated heterocycles. The predicted octanol–water partition coefficient (Wildman–Crippen LogP) is 1.15. The molecule has 1 aliphatic carbocycles. The molecule has 2 rings (SSSR count). The molecule has 16 heavy (non-hydrogen) atoms. The Bertz CT molecular complexity index is 373. The zero-order valence-corrected chi connectivity index (χ0v) is 9.34. The molecule has 1 heterocycles. The first kappa shape index (κ1) is 10.9. The van der Waals surface area contributed by atoms with Crippen LogP contribution in [0.15, 0.2) is 12.4 Å². The number of nitrogens with zero attached hydrogens (tertiary/aromatic N) is 2. The first-order chi connectivity index (χ1) is 7.76. The second-order valence-corrected chi connectivity index (χ2v) is 3.84. The van der Waals surface area contributed by atoms with Gasteiger partial charge in [-0.3, -0.25) is 4.79 Å². The second kappa shape index (κ2) is 4.47. The molecule has 1 atom stereocenters. The van der Waals surface area contributed by atoms with Crippen LogP contribution in [0.3, 0.4) is 0 Å². The van der Waals surface area contributed by atoms with Crippen molar-refractivity contribution in [3.63, 3.8) is 0 Å². The molecule has 0 radical (unpaired) electrons. The van der Waals surface area contributed by atoms with Crippen molar-refractivity contribution in [2.75, 3.05) is 14.2 Å². The fraction of sp³-hybridized carbons (Fsp3) is 0.545. The number of hydrogen-bond acceptors (Lipinski definition) is 5. The van der Waals surface area contributed by atoms with Crippen molar-refractivity contribution in [2.24, 2.45) is 5.92 Å². The number of carbonyl (C=O) groups is 1. The van der Waals surface area contributed by atoms with Gasteiger partial charge in [-0.2, -0.15) is 0 Å². The normalized spacial score (nSPS) is 16.6. The maximum atomic E-state index is 11.6. The van der Waals surface area contributed by atoms with Gasteiger partial charge in [-0.1, -0.05) is 0 Å². The van der Waals surface area contributed by atoms with Crippen LogP contribution in [-0.4, -0.2) is 30.2 Å².